The summed E-state index contributed by atoms with van der Waals surface area (Å²) in [4.78, 5) is 11.5. The van der Waals surface area contributed by atoms with Gasteiger partial charge in [-0.15, -0.1) is 0 Å². The lowest BCUT2D eigenvalue weighted by molar-refractivity contribution is -0.120. The SMILES string of the molecule is CCC(=O)NC[CH]([Al][CH](C)C)c1ccc(OC(O)P)c(N)c1. The molecule has 1 rings (SSSR count). The Kier molecular flexibility index (Phi) is 8.21. The smallest absolute Gasteiger partial charge is 0.219 e. The van der Waals surface area contributed by atoms with Gasteiger partial charge in [0.25, 0.3) is 0 Å². The molecule has 0 aliphatic rings. The number of anilines is 1. The Morgan fingerprint density at radius 3 is 2.68 bits per heavy atom. The summed E-state index contributed by atoms with van der Waals surface area (Å²) < 4.78 is 6.08. The minimum Gasteiger partial charge on any atom is -0.460 e. The lowest BCUT2D eigenvalue weighted by Gasteiger charge is -2.21. The van der Waals surface area contributed by atoms with E-state index >= 15 is 0 Å². The average molecular weight is 339 g/mol. The molecule has 0 saturated carbocycles. The first kappa shape index (κ1) is 19.3. The molecule has 3 unspecified atom stereocenters. The molecular formula is C15H25AlN2O3P. The van der Waals surface area contributed by atoms with E-state index in [0.717, 1.165) is 5.56 Å². The van der Waals surface area contributed by atoms with Crippen molar-refractivity contribution >= 4 is 36.1 Å². The largest absolute Gasteiger partial charge is 0.460 e. The molecule has 3 atom stereocenters. The Morgan fingerprint density at radius 2 is 2.18 bits per heavy atom. The number of nitrogens with one attached hydrogen (secondary N) is 1. The maximum Gasteiger partial charge on any atom is 0.219 e. The van der Waals surface area contributed by atoms with Crippen molar-refractivity contribution in [1.82, 2.24) is 5.32 Å². The number of aliphatic hydroxyl groups is 1. The summed E-state index contributed by atoms with van der Waals surface area (Å²) in [6, 6.07) is 4.62. The molecule has 4 N–H and O–H groups in total. The Morgan fingerprint density at radius 1 is 1.50 bits per heavy atom. The summed E-state index contributed by atoms with van der Waals surface area (Å²) >= 11 is 0.140. The molecule has 0 spiro atoms. The Balaban J connectivity index is 2.89. The molecule has 0 aromatic heterocycles. The molecule has 1 radical (unpaired) electrons. The first-order valence-corrected chi connectivity index (χ1v) is 9.44. The number of nitrogen functional groups attached to an aromatic ring is 1. The summed E-state index contributed by atoms with van der Waals surface area (Å²) in [7, 11) is 2.15. The van der Waals surface area contributed by atoms with Gasteiger partial charge in [0.2, 0.25) is 27.2 Å². The van der Waals surface area contributed by atoms with Crippen LogP contribution in [0.5, 0.6) is 5.75 Å². The normalized spacial score (nSPS) is 13.5. The van der Waals surface area contributed by atoms with Crippen molar-refractivity contribution in [3.05, 3.63) is 23.8 Å². The highest BCUT2D eigenvalue weighted by Crippen LogP contribution is 2.28. The molecule has 1 amide bonds. The van der Waals surface area contributed by atoms with Crippen LogP contribution in [-0.4, -0.2) is 38.8 Å². The van der Waals surface area contributed by atoms with Crippen molar-refractivity contribution in [2.45, 2.75) is 42.8 Å². The first-order chi connectivity index (χ1) is 10.3. The van der Waals surface area contributed by atoms with E-state index in [9.17, 15) is 9.90 Å². The van der Waals surface area contributed by atoms with Gasteiger partial charge in [-0.3, -0.25) is 4.79 Å². The lowest BCUT2D eigenvalue weighted by Crippen LogP contribution is -2.30. The van der Waals surface area contributed by atoms with E-state index in [4.69, 9.17) is 10.5 Å². The third-order valence-electron chi connectivity index (χ3n) is 3.17. The summed E-state index contributed by atoms with van der Waals surface area (Å²) in [6.45, 7) is 6.86. The van der Waals surface area contributed by atoms with Crippen LogP contribution >= 0.6 is 9.24 Å². The number of nitrogens with two attached hydrogens (primary N) is 1. The summed E-state index contributed by atoms with van der Waals surface area (Å²) in [6.07, 6.45) is 0.491. The first-order valence-electron chi connectivity index (χ1n) is 7.44. The maximum absolute atomic E-state index is 11.5. The van der Waals surface area contributed by atoms with E-state index < -0.39 is 6.03 Å². The predicted molar refractivity (Wildman–Crippen MR) is 94.1 cm³/mol. The lowest BCUT2D eigenvalue weighted by atomic mass is 10.1. The Hall–Kier alpha value is -0.788. The van der Waals surface area contributed by atoms with Crippen LogP contribution in [0.2, 0.25) is 4.78 Å². The third-order valence-corrected chi connectivity index (χ3v) is 5.16. The highest BCUT2D eigenvalue weighted by atomic mass is 31.0. The van der Waals surface area contributed by atoms with Crippen LogP contribution in [0.3, 0.4) is 0 Å². The maximum atomic E-state index is 11.5. The van der Waals surface area contributed by atoms with Crippen LogP contribution in [0.4, 0.5) is 5.69 Å². The van der Waals surface area contributed by atoms with E-state index in [1.165, 1.54) is 0 Å². The number of hydrogen-bond donors (Lipinski definition) is 3. The van der Waals surface area contributed by atoms with Gasteiger partial charge in [0.15, 0.2) is 0 Å². The molecule has 5 nitrogen and oxygen atoms in total. The third kappa shape index (κ3) is 6.54. The molecule has 0 bridgehead atoms. The molecule has 1 aromatic rings. The van der Waals surface area contributed by atoms with Gasteiger partial charge in [0.1, 0.15) is 5.75 Å². The number of aliphatic hydroxyl groups excluding tert-OH is 1. The number of benzene rings is 1. The molecule has 1 aromatic carbocycles. The molecule has 0 saturated heterocycles. The number of rotatable bonds is 8. The van der Waals surface area contributed by atoms with Gasteiger partial charge in [-0.2, -0.15) is 0 Å². The fourth-order valence-corrected chi connectivity index (χ4v) is 3.90. The van der Waals surface area contributed by atoms with Crippen molar-refractivity contribution in [2.75, 3.05) is 12.3 Å². The van der Waals surface area contributed by atoms with Crippen LogP contribution in [-0.2, 0) is 4.79 Å². The van der Waals surface area contributed by atoms with Gasteiger partial charge < -0.3 is 20.9 Å². The van der Waals surface area contributed by atoms with E-state index in [1.807, 2.05) is 19.1 Å². The zero-order valence-electron chi connectivity index (χ0n) is 13.4. The second-order valence-corrected chi connectivity index (χ2v) is 8.60. The number of amides is 1. The number of carbonyl (C=O) groups excluding carboxylic acids is 1. The quantitative estimate of drug-likeness (QED) is 0.292. The molecule has 0 aliphatic carbocycles. The minimum absolute atomic E-state index is 0.0622. The van der Waals surface area contributed by atoms with E-state index in [1.54, 1.807) is 6.07 Å². The Labute approximate surface area is 140 Å². The summed E-state index contributed by atoms with van der Waals surface area (Å²) in [5.41, 5.74) is 7.59. The van der Waals surface area contributed by atoms with E-state index in [2.05, 4.69) is 28.4 Å². The molecule has 7 heteroatoms. The van der Waals surface area contributed by atoms with Crippen LogP contribution in [0.15, 0.2) is 18.2 Å². The van der Waals surface area contributed by atoms with Gasteiger partial charge in [0.05, 0.1) is 5.69 Å². The van der Waals surface area contributed by atoms with Crippen LogP contribution < -0.4 is 15.8 Å². The number of ether oxygens (including phenoxy) is 1. The molecule has 22 heavy (non-hydrogen) atoms. The van der Waals surface area contributed by atoms with Gasteiger partial charge in [-0.1, -0.05) is 51.2 Å². The molecular weight excluding hydrogens is 314 g/mol. The van der Waals surface area contributed by atoms with Crippen LogP contribution in [0, 0.1) is 0 Å². The van der Waals surface area contributed by atoms with Crippen LogP contribution in [0.25, 0.3) is 0 Å². The highest BCUT2D eigenvalue weighted by molar-refractivity contribution is 7.16. The average Bonchev–Trinajstić information content (AvgIpc) is 2.44. The number of hydrogen-bond acceptors (Lipinski definition) is 4. The van der Waals surface area contributed by atoms with E-state index in [0.29, 0.717) is 29.2 Å². The van der Waals surface area contributed by atoms with Gasteiger partial charge in [-0.25, -0.2) is 0 Å². The molecule has 0 fully saturated rings. The van der Waals surface area contributed by atoms with E-state index in [-0.39, 0.29) is 25.9 Å². The fraction of sp³-hybridized carbons (Fsp3) is 0.533. The van der Waals surface area contributed by atoms with Gasteiger partial charge in [0, 0.05) is 13.0 Å². The second-order valence-electron chi connectivity index (χ2n) is 5.51. The standard InChI is InChI=1S/C12H18N2O3P.C3H7.Al/c1-2-11(15)14-6-5-8-3-4-10(9(13)7-8)17-12(16)18;1-3-2;/h3-5,7,12,16H,2,6,13,18H2,1H3,(H,14,15);3H,1-2H3;. The minimum atomic E-state index is -0.978. The molecule has 121 valence electrons. The van der Waals surface area contributed by atoms with Crippen molar-refractivity contribution in [1.29, 1.82) is 0 Å². The predicted octanol–water partition coefficient (Wildman–Crippen LogP) is 1.90. The van der Waals surface area contributed by atoms with Crippen LogP contribution in [0.1, 0.15) is 37.5 Å². The number of carbonyl (C=O) groups is 1. The topological polar surface area (TPSA) is 84.6 Å². The zero-order chi connectivity index (χ0) is 16.7. The van der Waals surface area contributed by atoms with Crippen molar-refractivity contribution < 1.29 is 14.6 Å². The Bertz CT molecular complexity index is 498. The van der Waals surface area contributed by atoms with Crippen molar-refractivity contribution in [3.63, 3.8) is 0 Å². The second kappa shape index (κ2) is 9.37. The summed E-state index contributed by atoms with van der Waals surface area (Å²) in [5, 5.41) is 12.2. The fourth-order valence-electron chi connectivity index (χ4n) is 2.15. The molecule has 0 heterocycles. The van der Waals surface area contributed by atoms with Gasteiger partial charge >= 0.3 is 0 Å². The van der Waals surface area contributed by atoms with Gasteiger partial charge in [-0.05, 0) is 12.1 Å². The van der Waals surface area contributed by atoms with Crippen molar-refractivity contribution in [3.8, 4) is 5.75 Å². The van der Waals surface area contributed by atoms with Crippen molar-refractivity contribution in [2.24, 2.45) is 0 Å². The highest BCUT2D eigenvalue weighted by Gasteiger charge is 2.18. The molecule has 0 aliphatic heterocycles. The zero-order valence-corrected chi connectivity index (χ0v) is 15.7. The monoisotopic (exact) mass is 339 g/mol. The summed E-state index contributed by atoms with van der Waals surface area (Å²) in [5.74, 6) is 0.523.